The molecule has 0 saturated heterocycles. The van der Waals surface area contributed by atoms with E-state index >= 15 is 0 Å². The van der Waals surface area contributed by atoms with Crippen LogP contribution in [0.25, 0.3) is 22.0 Å². The maximum Gasteiger partial charge on any atom is 0.263 e. The van der Waals surface area contributed by atoms with Crippen LogP contribution >= 0.6 is 22.9 Å². The molecule has 32 heavy (non-hydrogen) atoms. The zero-order chi connectivity index (χ0) is 23.0. The summed E-state index contributed by atoms with van der Waals surface area (Å²) in [4.78, 5) is 16.5. The predicted octanol–water partition coefficient (Wildman–Crippen LogP) is 5.78. The maximum absolute atomic E-state index is 13.1. The number of benzene rings is 2. The second-order valence-corrected chi connectivity index (χ2v) is 10.3. The van der Waals surface area contributed by atoms with E-state index in [4.69, 9.17) is 16.6 Å². The van der Waals surface area contributed by atoms with Gasteiger partial charge >= 0.3 is 0 Å². The minimum Gasteiger partial charge on any atom is -0.345 e. The van der Waals surface area contributed by atoms with E-state index < -0.39 is 10.0 Å². The molecule has 0 bridgehead atoms. The number of Topliss-reactive ketones (excluding diaryl/α,β-unsaturated/α-hetero) is 1. The van der Waals surface area contributed by atoms with Gasteiger partial charge in [0.25, 0.3) is 10.0 Å². The van der Waals surface area contributed by atoms with Crippen molar-refractivity contribution in [3.8, 4) is 22.0 Å². The quantitative estimate of drug-likeness (QED) is 0.351. The molecule has 164 valence electrons. The number of carbonyl (C=O) groups excluding carboxylic acids is 1. The summed E-state index contributed by atoms with van der Waals surface area (Å²) < 4.78 is 30.6. The molecule has 0 aliphatic heterocycles. The second-order valence-electron chi connectivity index (χ2n) is 7.33. The molecule has 0 amide bonds. The fraction of sp³-hybridized carbons (Fsp3) is 0.130. The van der Waals surface area contributed by atoms with Crippen LogP contribution in [0.4, 0.5) is 5.69 Å². The van der Waals surface area contributed by atoms with E-state index in [0.29, 0.717) is 32.7 Å². The van der Waals surface area contributed by atoms with Gasteiger partial charge in [-0.25, -0.2) is 13.4 Å². The lowest BCUT2D eigenvalue weighted by Gasteiger charge is -2.09. The van der Waals surface area contributed by atoms with E-state index in [1.807, 2.05) is 23.6 Å². The molecule has 4 aromatic rings. The molecule has 0 unspecified atom stereocenters. The normalized spacial score (nSPS) is 11.5. The zero-order valence-corrected chi connectivity index (χ0v) is 20.0. The molecule has 0 saturated carbocycles. The fourth-order valence-electron chi connectivity index (χ4n) is 3.33. The summed E-state index contributed by atoms with van der Waals surface area (Å²) in [6.07, 6.45) is 0. The molecule has 0 spiro atoms. The van der Waals surface area contributed by atoms with Gasteiger partial charge in [-0.1, -0.05) is 35.9 Å². The van der Waals surface area contributed by atoms with Gasteiger partial charge in [-0.2, -0.15) is 0 Å². The number of thiazole rings is 1. The molecule has 2 heterocycles. The lowest BCUT2D eigenvalue weighted by molar-refractivity contribution is 0.101. The molecular formula is C23H20ClN3O3S2. The number of nitrogens with zero attached hydrogens (tertiary/aromatic N) is 2. The maximum atomic E-state index is 13.1. The monoisotopic (exact) mass is 485 g/mol. The first kappa shape index (κ1) is 22.3. The Morgan fingerprint density at radius 1 is 1.12 bits per heavy atom. The first-order valence-corrected chi connectivity index (χ1v) is 12.4. The fourth-order valence-corrected chi connectivity index (χ4v) is 5.74. The van der Waals surface area contributed by atoms with Crippen LogP contribution in [0.2, 0.25) is 5.02 Å². The van der Waals surface area contributed by atoms with Gasteiger partial charge in [0.1, 0.15) is 9.90 Å². The Bertz CT molecular complexity index is 1440. The number of hydrogen-bond acceptors (Lipinski definition) is 5. The molecule has 0 fully saturated rings. The van der Waals surface area contributed by atoms with Gasteiger partial charge in [0.05, 0.1) is 11.4 Å². The molecule has 4 rings (SSSR count). The third kappa shape index (κ3) is 4.34. The standard InChI is InChI=1S/C23H20ClN3O3S2/c1-14-22(32(29,30)26-19-9-5-6-16(11-19)15(2)28)12-21(27(14)3)23-25-20(13-31-23)17-7-4-8-18(24)10-17/h4-13,26H,1-3H3. The predicted molar refractivity (Wildman–Crippen MR) is 129 cm³/mol. The Morgan fingerprint density at radius 3 is 2.59 bits per heavy atom. The van der Waals surface area contributed by atoms with Crippen LogP contribution in [-0.2, 0) is 17.1 Å². The first-order valence-electron chi connectivity index (χ1n) is 9.67. The number of sulfonamides is 1. The van der Waals surface area contributed by atoms with Gasteiger partial charge < -0.3 is 4.57 Å². The highest BCUT2D eigenvalue weighted by Gasteiger charge is 2.24. The number of anilines is 1. The van der Waals surface area contributed by atoms with Crippen LogP contribution in [-0.4, -0.2) is 23.8 Å². The SMILES string of the molecule is CC(=O)c1cccc(NS(=O)(=O)c2cc(-c3nc(-c4cccc(Cl)c4)cs3)n(C)c2C)c1. The first-order chi connectivity index (χ1) is 15.2. The summed E-state index contributed by atoms with van der Waals surface area (Å²) in [7, 11) is -2.06. The lowest BCUT2D eigenvalue weighted by Crippen LogP contribution is -2.14. The second kappa shape index (κ2) is 8.54. The summed E-state index contributed by atoms with van der Waals surface area (Å²) in [5.74, 6) is -0.136. The van der Waals surface area contributed by atoms with Gasteiger partial charge in [0.2, 0.25) is 0 Å². The lowest BCUT2D eigenvalue weighted by atomic mass is 10.1. The summed E-state index contributed by atoms with van der Waals surface area (Å²) in [6, 6.07) is 15.5. The molecule has 9 heteroatoms. The van der Waals surface area contributed by atoms with Crippen LogP contribution in [0.3, 0.4) is 0 Å². The van der Waals surface area contributed by atoms with Crippen molar-refractivity contribution in [3.63, 3.8) is 0 Å². The van der Waals surface area contributed by atoms with E-state index in [9.17, 15) is 13.2 Å². The van der Waals surface area contributed by atoms with Crippen molar-refractivity contribution in [2.75, 3.05) is 4.72 Å². The van der Waals surface area contributed by atoms with E-state index in [1.165, 1.54) is 24.3 Å². The third-order valence-electron chi connectivity index (χ3n) is 5.14. The van der Waals surface area contributed by atoms with Crippen LogP contribution < -0.4 is 4.72 Å². The highest BCUT2D eigenvalue weighted by molar-refractivity contribution is 7.92. The van der Waals surface area contributed by atoms with E-state index in [0.717, 1.165) is 11.3 Å². The molecule has 0 radical (unpaired) electrons. The van der Waals surface area contributed by atoms with Crippen LogP contribution in [0.5, 0.6) is 0 Å². The van der Waals surface area contributed by atoms with Crippen molar-refractivity contribution >= 4 is 44.4 Å². The van der Waals surface area contributed by atoms with Gasteiger partial charge in [0, 0.05) is 40.0 Å². The van der Waals surface area contributed by atoms with Crippen molar-refractivity contribution in [1.29, 1.82) is 0 Å². The molecule has 1 N–H and O–H groups in total. The molecule has 0 aliphatic rings. The summed E-state index contributed by atoms with van der Waals surface area (Å²) in [5.41, 5.74) is 3.71. The Labute approximate surface area is 195 Å². The van der Waals surface area contributed by atoms with Crippen molar-refractivity contribution < 1.29 is 13.2 Å². The summed E-state index contributed by atoms with van der Waals surface area (Å²) in [5, 5.41) is 3.24. The zero-order valence-electron chi connectivity index (χ0n) is 17.6. The van der Waals surface area contributed by atoms with Gasteiger partial charge in [-0.05, 0) is 44.2 Å². The minimum absolute atomic E-state index is 0.136. The number of ketones is 1. The average Bonchev–Trinajstić information content (AvgIpc) is 3.34. The van der Waals surface area contributed by atoms with Crippen molar-refractivity contribution in [2.45, 2.75) is 18.7 Å². The molecule has 6 nitrogen and oxygen atoms in total. The smallest absolute Gasteiger partial charge is 0.263 e. The Hall–Kier alpha value is -2.94. The van der Waals surface area contributed by atoms with Gasteiger partial charge in [0.15, 0.2) is 5.78 Å². The van der Waals surface area contributed by atoms with Crippen LogP contribution in [0.1, 0.15) is 23.0 Å². The Morgan fingerprint density at radius 2 is 1.88 bits per heavy atom. The number of hydrogen-bond donors (Lipinski definition) is 1. The van der Waals surface area contributed by atoms with E-state index in [2.05, 4.69) is 4.72 Å². The van der Waals surface area contributed by atoms with Crippen molar-refractivity contribution in [1.82, 2.24) is 9.55 Å². The van der Waals surface area contributed by atoms with E-state index in [-0.39, 0.29) is 10.7 Å². The summed E-state index contributed by atoms with van der Waals surface area (Å²) in [6.45, 7) is 3.18. The minimum atomic E-state index is -3.87. The van der Waals surface area contributed by atoms with Crippen LogP contribution in [0, 0.1) is 6.92 Å². The molecule has 0 atom stereocenters. The Kier molecular flexibility index (Phi) is 5.94. The largest absolute Gasteiger partial charge is 0.345 e. The Balaban J connectivity index is 1.68. The van der Waals surface area contributed by atoms with Crippen molar-refractivity contribution in [2.24, 2.45) is 7.05 Å². The highest BCUT2D eigenvalue weighted by Crippen LogP contribution is 2.33. The summed E-state index contributed by atoms with van der Waals surface area (Å²) >= 11 is 7.52. The molecule has 2 aromatic heterocycles. The van der Waals surface area contributed by atoms with Crippen molar-refractivity contribution in [3.05, 3.63) is 76.3 Å². The number of aromatic nitrogens is 2. The van der Waals surface area contributed by atoms with E-state index in [1.54, 1.807) is 48.9 Å². The number of carbonyl (C=O) groups is 1. The number of rotatable bonds is 6. The van der Waals surface area contributed by atoms with Gasteiger partial charge in [-0.3, -0.25) is 9.52 Å². The molecular weight excluding hydrogens is 466 g/mol. The molecule has 0 aliphatic carbocycles. The highest BCUT2D eigenvalue weighted by atomic mass is 35.5. The van der Waals surface area contributed by atoms with Crippen LogP contribution in [0.15, 0.2) is 64.9 Å². The number of halogens is 1. The number of nitrogens with one attached hydrogen (secondary N) is 1. The molecule has 2 aromatic carbocycles. The average molecular weight is 486 g/mol. The topological polar surface area (TPSA) is 81.1 Å². The third-order valence-corrected chi connectivity index (χ3v) is 7.74. The van der Waals surface area contributed by atoms with Gasteiger partial charge in [-0.15, -0.1) is 11.3 Å².